The second kappa shape index (κ2) is 9.04. The molecule has 0 bridgehead atoms. The maximum absolute atomic E-state index is 12.7. The molecule has 1 N–H and O–H groups in total. The van der Waals surface area contributed by atoms with E-state index in [9.17, 15) is 18.0 Å². The summed E-state index contributed by atoms with van der Waals surface area (Å²) >= 11 is 12.3. The van der Waals surface area contributed by atoms with Crippen LogP contribution in [0.1, 0.15) is 43.9 Å². The molecule has 2 aromatic rings. The van der Waals surface area contributed by atoms with Crippen LogP contribution in [0.2, 0.25) is 10.0 Å². The molecule has 1 aromatic heterocycles. The minimum absolute atomic E-state index is 0.0811. The Hall–Kier alpha value is -2.09. The predicted molar refractivity (Wildman–Crippen MR) is 126 cm³/mol. The monoisotopic (exact) mass is 494 g/mol. The molecule has 6 nitrogen and oxygen atoms in total. The van der Waals surface area contributed by atoms with Gasteiger partial charge >= 0.3 is 0 Å². The quantitative estimate of drug-likeness (QED) is 0.647. The van der Waals surface area contributed by atoms with E-state index in [1.165, 1.54) is 12.1 Å². The number of hydrogen-bond acceptors (Lipinski definition) is 4. The summed E-state index contributed by atoms with van der Waals surface area (Å²) in [6.07, 6.45) is 4.59. The number of carbonyl (C=O) groups excluding carboxylic acids is 1. The lowest BCUT2D eigenvalue weighted by atomic mass is 9.96. The van der Waals surface area contributed by atoms with E-state index in [1.807, 2.05) is 17.9 Å². The molecule has 9 heteroatoms. The fourth-order valence-corrected chi connectivity index (χ4v) is 6.34. The lowest BCUT2D eigenvalue weighted by molar-refractivity contribution is -0.129. The number of aromatic nitrogens is 1. The van der Waals surface area contributed by atoms with Gasteiger partial charge in [-0.2, -0.15) is 0 Å². The standard InChI is InChI=1S/C23H24Cl2N2O4S/c1-2-22(28)27-10-9-14(13-27)11-17(20-7-6-18(24)23(29)26-20)15-3-8-21(19(25)12-15)32(30,31)16-4-5-16/h3,6-8,11-12,14,16H,2,4-5,9-10,13H2,1H3,(H,26,29)/b17-11+/t14-/m1/s1. The van der Waals surface area contributed by atoms with Crippen molar-refractivity contribution >= 4 is 44.5 Å². The molecule has 1 aromatic carbocycles. The minimum Gasteiger partial charge on any atom is -0.342 e. The van der Waals surface area contributed by atoms with Crippen molar-refractivity contribution in [1.82, 2.24) is 9.88 Å². The third kappa shape index (κ3) is 4.65. The van der Waals surface area contributed by atoms with Crippen LogP contribution in [0.4, 0.5) is 0 Å². The summed E-state index contributed by atoms with van der Waals surface area (Å²) in [5.74, 6) is 0.202. The summed E-state index contributed by atoms with van der Waals surface area (Å²) in [5.41, 5.74) is 1.53. The summed E-state index contributed by atoms with van der Waals surface area (Å²) in [4.78, 5) is 29.0. The molecule has 1 saturated carbocycles. The van der Waals surface area contributed by atoms with Gasteiger partial charge in [-0.25, -0.2) is 8.42 Å². The zero-order valence-corrected chi connectivity index (χ0v) is 19.9. The molecule has 0 radical (unpaired) electrons. The summed E-state index contributed by atoms with van der Waals surface area (Å²) in [6.45, 7) is 3.11. The average Bonchev–Trinajstić information content (AvgIpc) is 3.53. The molecule has 0 spiro atoms. The Balaban J connectivity index is 1.74. The van der Waals surface area contributed by atoms with Gasteiger partial charge in [-0.3, -0.25) is 9.59 Å². The molecule has 1 aliphatic carbocycles. The van der Waals surface area contributed by atoms with Gasteiger partial charge in [0, 0.05) is 30.8 Å². The molecule has 2 fully saturated rings. The highest BCUT2D eigenvalue weighted by molar-refractivity contribution is 7.92. The molecular formula is C23H24Cl2N2O4S. The Labute approximate surface area is 197 Å². The van der Waals surface area contributed by atoms with E-state index in [0.717, 1.165) is 6.42 Å². The van der Waals surface area contributed by atoms with Crippen LogP contribution in [0.3, 0.4) is 0 Å². The number of amides is 1. The number of hydrogen-bond donors (Lipinski definition) is 1. The zero-order valence-electron chi connectivity index (χ0n) is 17.6. The maximum atomic E-state index is 12.7. The largest absolute Gasteiger partial charge is 0.342 e. The second-order valence-corrected chi connectivity index (χ2v) is 11.3. The number of rotatable bonds is 6. The van der Waals surface area contributed by atoms with E-state index >= 15 is 0 Å². The summed E-state index contributed by atoms with van der Waals surface area (Å²) < 4.78 is 25.3. The van der Waals surface area contributed by atoms with Gasteiger partial charge < -0.3 is 9.88 Å². The number of carbonyl (C=O) groups is 1. The molecule has 0 unspecified atom stereocenters. The van der Waals surface area contributed by atoms with E-state index in [4.69, 9.17) is 23.2 Å². The van der Waals surface area contributed by atoms with Crippen molar-refractivity contribution in [2.75, 3.05) is 13.1 Å². The van der Waals surface area contributed by atoms with Crippen LogP contribution >= 0.6 is 23.2 Å². The highest BCUT2D eigenvalue weighted by Crippen LogP contribution is 2.38. The molecule has 170 valence electrons. The number of nitrogens with zero attached hydrogens (tertiary/aromatic N) is 1. The van der Waals surface area contributed by atoms with E-state index < -0.39 is 15.4 Å². The van der Waals surface area contributed by atoms with Crippen LogP contribution in [0.5, 0.6) is 0 Å². The Morgan fingerprint density at radius 3 is 2.53 bits per heavy atom. The van der Waals surface area contributed by atoms with Crippen molar-refractivity contribution in [2.24, 2.45) is 5.92 Å². The number of aromatic amines is 1. The molecular weight excluding hydrogens is 471 g/mol. The van der Waals surface area contributed by atoms with E-state index in [-0.39, 0.29) is 32.0 Å². The first-order valence-electron chi connectivity index (χ1n) is 10.6. The van der Waals surface area contributed by atoms with Crippen molar-refractivity contribution in [2.45, 2.75) is 42.8 Å². The van der Waals surface area contributed by atoms with Gasteiger partial charge in [-0.1, -0.05) is 42.3 Å². The van der Waals surface area contributed by atoms with Crippen molar-refractivity contribution in [3.63, 3.8) is 0 Å². The first-order valence-corrected chi connectivity index (χ1v) is 12.9. The number of halogens is 2. The fraction of sp³-hybridized carbons (Fsp3) is 0.391. The number of H-pyrrole nitrogens is 1. The number of benzene rings is 1. The fourth-order valence-electron chi connectivity index (χ4n) is 4.02. The van der Waals surface area contributed by atoms with Gasteiger partial charge in [0.25, 0.3) is 5.56 Å². The van der Waals surface area contributed by atoms with Gasteiger partial charge in [0.15, 0.2) is 9.84 Å². The van der Waals surface area contributed by atoms with Crippen LogP contribution in [0, 0.1) is 5.92 Å². The highest BCUT2D eigenvalue weighted by atomic mass is 35.5. The molecule has 2 heterocycles. The Bertz CT molecular complexity index is 1250. The summed E-state index contributed by atoms with van der Waals surface area (Å²) in [7, 11) is -3.43. The number of likely N-dealkylation sites (tertiary alicyclic amines) is 1. The predicted octanol–water partition coefficient (Wildman–Crippen LogP) is 4.31. The minimum atomic E-state index is -3.43. The van der Waals surface area contributed by atoms with Gasteiger partial charge in [0.2, 0.25) is 5.91 Å². The molecule has 1 atom stereocenters. The van der Waals surface area contributed by atoms with Crippen LogP contribution in [0.25, 0.3) is 5.57 Å². The SMILES string of the molecule is CCC(=O)N1CC[C@H](/C=C(\c2ccc(S(=O)(=O)C3CC3)c(Cl)c2)c2ccc(Cl)c(=O)[nH]2)C1. The van der Waals surface area contributed by atoms with Gasteiger partial charge in [0.1, 0.15) is 5.02 Å². The van der Waals surface area contributed by atoms with Crippen molar-refractivity contribution in [3.05, 3.63) is 68.1 Å². The van der Waals surface area contributed by atoms with E-state index in [1.54, 1.807) is 18.2 Å². The van der Waals surface area contributed by atoms with Gasteiger partial charge in [-0.15, -0.1) is 0 Å². The maximum Gasteiger partial charge on any atom is 0.267 e. The second-order valence-electron chi connectivity index (χ2n) is 8.26. The van der Waals surface area contributed by atoms with Crippen LogP contribution in [0.15, 0.2) is 46.1 Å². The zero-order chi connectivity index (χ0) is 23.0. The third-order valence-corrected chi connectivity index (χ3v) is 8.99. The molecule has 1 saturated heterocycles. The number of sulfone groups is 1. The van der Waals surface area contributed by atoms with E-state index in [2.05, 4.69) is 4.98 Å². The first-order chi connectivity index (χ1) is 15.2. The first kappa shape index (κ1) is 23.1. The van der Waals surface area contributed by atoms with E-state index in [0.29, 0.717) is 49.2 Å². The highest BCUT2D eigenvalue weighted by Gasteiger charge is 2.38. The summed E-state index contributed by atoms with van der Waals surface area (Å²) in [6, 6.07) is 8.11. The van der Waals surface area contributed by atoms with Gasteiger partial charge in [-0.05, 0) is 55.0 Å². The van der Waals surface area contributed by atoms with Crippen molar-refractivity contribution in [1.29, 1.82) is 0 Å². The van der Waals surface area contributed by atoms with Crippen molar-refractivity contribution in [3.8, 4) is 0 Å². The molecule has 4 rings (SSSR count). The number of pyridine rings is 1. The Morgan fingerprint density at radius 1 is 1.16 bits per heavy atom. The molecule has 2 aliphatic rings. The molecule has 32 heavy (non-hydrogen) atoms. The third-order valence-electron chi connectivity index (χ3n) is 5.95. The lowest BCUT2D eigenvalue weighted by Gasteiger charge is -2.16. The number of nitrogens with one attached hydrogen (secondary N) is 1. The smallest absolute Gasteiger partial charge is 0.267 e. The average molecular weight is 495 g/mol. The molecule has 1 aliphatic heterocycles. The molecule has 1 amide bonds. The Kier molecular flexibility index (Phi) is 6.52. The van der Waals surface area contributed by atoms with Crippen LogP contribution in [-0.2, 0) is 14.6 Å². The van der Waals surface area contributed by atoms with Crippen molar-refractivity contribution < 1.29 is 13.2 Å². The normalized spacial score (nSPS) is 19.4. The van der Waals surface area contributed by atoms with Crippen LogP contribution < -0.4 is 5.56 Å². The topological polar surface area (TPSA) is 87.3 Å². The Morgan fingerprint density at radius 2 is 1.91 bits per heavy atom. The van der Waals surface area contributed by atoms with Crippen LogP contribution in [-0.4, -0.2) is 42.5 Å². The lowest BCUT2D eigenvalue weighted by Crippen LogP contribution is -2.27. The summed E-state index contributed by atoms with van der Waals surface area (Å²) in [5, 5.41) is -0.113. The van der Waals surface area contributed by atoms with Gasteiger partial charge in [0.05, 0.1) is 15.2 Å².